The molecule has 0 aliphatic carbocycles. The van der Waals surface area contributed by atoms with Crippen LogP contribution < -0.4 is 5.56 Å². The van der Waals surface area contributed by atoms with Crippen LogP contribution in [0, 0.1) is 12.3 Å². The Morgan fingerprint density at radius 2 is 2.05 bits per heavy atom. The molecular weight excluding hydrogens is 272 g/mol. The first-order chi connectivity index (χ1) is 10.0. The first kappa shape index (κ1) is 14.3. The molecule has 2 aromatic rings. The molecule has 1 heterocycles. The third kappa shape index (κ3) is 3.09. The molecule has 0 saturated carbocycles. The van der Waals surface area contributed by atoms with Gasteiger partial charge in [0, 0.05) is 5.39 Å². The van der Waals surface area contributed by atoms with Crippen LogP contribution in [0.3, 0.4) is 0 Å². The number of carboxylic acid groups (broad SMARTS) is 1. The van der Waals surface area contributed by atoms with Crippen molar-refractivity contribution < 1.29 is 14.7 Å². The lowest BCUT2D eigenvalue weighted by Crippen LogP contribution is -2.37. The number of aromatic amines is 1. The number of fused-ring (bicyclic) bond motifs is 1. The molecule has 0 unspecified atom stereocenters. The summed E-state index contributed by atoms with van der Waals surface area (Å²) in [6.45, 7) is -0.683. The second-order valence-corrected chi connectivity index (χ2v) is 4.36. The van der Waals surface area contributed by atoms with E-state index in [9.17, 15) is 14.4 Å². The van der Waals surface area contributed by atoms with E-state index in [0.717, 1.165) is 4.90 Å². The fraction of sp³-hybridized carbons (Fsp3) is 0.133. The summed E-state index contributed by atoms with van der Waals surface area (Å²) in [5.74, 6) is 0.420. The maximum atomic E-state index is 12.3. The van der Waals surface area contributed by atoms with E-state index in [1.807, 2.05) is 0 Å². The lowest BCUT2D eigenvalue weighted by molar-refractivity contribution is -0.137. The van der Waals surface area contributed by atoms with Crippen molar-refractivity contribution in [3.05, 3.63) is 46.4 Å². The predicted molar refractivity (Wildman–Crippen MR) is 76.9 cm³/mol. The topological polar surface area (TPSA) is 90.5 Å². The van der Waals surface area contributed by atoms with Crippen molar-refractivity contribution in [1.82, 2.24) is 9.88 Å². The van der Waals surface area contributed by atoms with Gasteiger partial charge in [0.2, 0.25) is 0 Å². The van der Waals surface area contributed by atoms with E-state index < -0.39 is 24.0 Å². The van der Waals surface area contributed by atoms with Crippen LogP contribution in [0.2, 0.25) is 0 Å². The SMILES string of the molecule is C#CCN(CC(=O)O)C(=O)c1cc2ccccc2c(=O)[nH]1. The number of pyridine rings is 1. The number of nitrogens with zero attached hydrogens (tertiary/aromatic N) is 1. The maximum Gasteiger partial charge on any atom is 0.323 e. The van der Waals surface area contributed by atoms with Gasteiger partial charge in [0.05, 0.1) is 6.54 Å². The van der Waals surface area contributed by atoms with Crippen LogP contribution in [0.5, 0.6) is 0 Å². The van der Waals surface area contributed by atoms with Crippen molar-refractivity contribution in [3.8, 4) is 12.3 Å². The van der Waals surface area contributed by atoms with Crippen molar-refractivity contribution in [2.45, 2.75) is 0 Å². The molecule has 1 aromatic carbocycles. The number of carboxylic acids is 1. The van der Waals surface area contributed by atoms with Crippen LogP contribution in [0.4, 0.5) is 0 Å². The Balaban J connectivity index is 2.45. The Labute approximate surface area is 120 Å². The minimum atomic E-state index is -1.18. The van der Waals surface area contributed by atoms with Gasteiger partial charge in [0.25, 0.3) is 11.5 Å². The average Bonchev–Trinajstić information content (AvgIpc) is 2.45. The number of H-pyrrole nitrogens is 1. The summed E-state index contributed by atoms with van der Waals surface area (Å²) >= 11 is 0. The number of nitrogens with one attached hydrogen (secondary N) is 1. The molecule has 2 rings (SSSR count). The quantitative estimate of drug-likeness (QED) is 0.808. The first-order valence-corrected chi connectivity index (χ1v) is 6.09. The van der Waals surface area contributed by atoms with Crippen molar-refractivity contribution in [1.29, 1.82) is 0 Å². The number of carbonyl (C=O) groups is 2. The molecule has 2 N–H and O–H groups in total. The number of amides is 1. The number of terminal acetylenes is 1. The number of carbonyl (C=O) groups excluding carboxylic acids is 1. The summed E-state index contributed by atoms with van der Waals surface area (Å²) < 4.78 is 0. The number of aromatic nitrogens is 1. The molecule has 0 spiro atoms. The van der Waals surface area contributed by atoms with E-state index in [-0.39, 0.29) is 12.2 Å². The summed E-state index contributed by atoms with van der Waals surface area (Å²) in [7, 11) is 0. The van der Waals surface area contributed by atoms with Crippen molar-refractivity contribution in [2.24, 2.45) is 0 Å². The van der Waals surface area contributed by atoms with Crippen molar-refractivity contribution >= 4 is 22.6 Å². The smallest absolute Gasteiger partial charge is 0.323 e. The molecule has 106 valence electrons. The van der Waals surface area contributed by atoms with Gasteiger partial charge in [-0.25, -0.2) is 0 Å². The van der Waals surface area contributed by atoms with Crippen LogP contribution >= 0.6 is 0 Å². The second-order valence-electron chi connectivity index (χ2n) is 4.36. The zero-order chi connectivity index (χ0) is 15.4. The van der Waals surface area contributed by atoms with Crippen molar-refractivity contribution in [3.63, 3.8) is 0 Å². The van der Waals surface area contributed by atoms with Crippen LogP contribution in [0.1, 0.15) is 10.5 Å². The number of benzene rings is 1. The highest BCUT2D eigenvalue weighted by molar-refractivity contribution is 5.97. The standard InChI is InChI=1S/C15H12N2O4/c1-2-7-17(9-13(18)19)15(21)12-8-10-5-3-4-6-11(10)14(20)16-12/h1,3-6,8H,7,9H2,(H,16,20)(H,18,19). The molecule has 6 nitrogen and oxygen atoms in total. The Hall–Kier alpha value is -3.07. The minimum absolute atomic E-state index is 0.00944. The molecule has 1 amide bonds. The molecular formula is C15H12N2O4. The van der Waals surface area contributed by atoms with Crippen molar-refractivity contribution in [2.75, 3.05) is 13.1 Å². The largest absolute Gasteiger partial charge is 0.480 e. The highest BCUT2D eigenvalue weighted by atomic mass is 16.4. The summed E-state index contributed by atoms with van der Waals surface area (Å²) in [4.78, 5) is 38.4. The first-order valence-electron chi connectivity index (χ1n) is 6.09. The average molecular weight is 284 g/mol. The molecule has 1 aromatic heterocycles. The zero-order valence-corrected chi connectivity index (χ0v) is 11.0. The van der Waals surface area contributed by atoms with E-state index in [0.29, 0.717) is 10.8 Å². The molecule has 0 bridgehead atoms. The number of rotatable bonds is 4. The van der Waals surface area contributed by atoms with Gasteiger partial charge in [-0.05, 0) is 17.5 Å². The highest BCUT2D eigenvalue weighted by Crippen LogP contribution is 2.11. The maximum absolute atomic E-state index is 12.3. The summed E-state index contributed by atoms with van der Waals surface area (Å²) in [6.07, 6.45) is 5.13. The molecule has 0 radical (unpaired) electrons. The molecule has 21 heavy (non-hydrogen) atoms. The Kier molecular flexibility index (Phi) is 4.05. The third-order valence-electron chi connectivity index (χ3n) is 2.88. The van der Waals surface area contributed by atoms with Crippen LogP contribution in [-0.2, 0) is 4.79 Å². The lowest BCUT2D eigenvalue weighted by atomic mass is 10.1. The highest BCUT2D eigenvalue weighted by Gasteiger charge is 2.19. The van der Waals surface area contributed by atoms with E-state index in [1.54, 1.807) is 24.3 Å². The second kappa shape index (κ2) is 5.92. The van der Waals surface area contributed by atoms with Gasteiger partial charge in [-0.3, -0.25) is 14.4 Å². The molecule has 6 heteroatoms. The van der Waals surface area contributed by atoms with Crippen LogP contribution in [0.15, 0.2) is 35.1 Å². The molecule has 0 fully saturated rings. The predicted octanol–water partition coefficient (Wildman–Crippen LogP) is 0.688. The van der Waals surface area contributed by atoms with E-state index in [2.05, 4.69) is 10.9 Å². The van der Waals surface area contributed by atoms with E-state index in [1.165, 1.54) is 6.07 Å². The van der Waals surface area contributed by atoms with E-state index >= 15 is 0 Å². The Morgan fingerprint density at radius 1 is 1.33 bits per heavy atom. The van der Waals surface area contributed by atoms with Crippen LogP contribution in [-0.4, -0.2) is 40.0 Å². The van der Waals surface area contributed by atoms with Gasteiger partial charge >= 0.3 is 5.97 Å². The number of aliphatic carboxylic acids is 1. The molecule has 0 aliphatic rings. The van der Waals surface area contributed by atoms with Gasteiger partial charge in [0.15, 0.2) is 0 Å². The van der Waals surface area contributed by atoms with Gasteiger partial charge in [0.1, 0.15) is 12.2 Å². The summed E-state index contributed by atoms with van der Waals surface area (Å²) in [5, 5.41) is 9.85. The summed E-state index contributed by atoms with van der Waals surface area (Å²) in [6, 6.07) is 8.30. The fourth-order valence-electron chi connectivity index (χ4n) is 1.97. The molecule has 0 aliphatic heterocycles. The van der Waals surface area contributed by atoms with Gasteiger partial charge in [-0.15, -0.1) is 6.42 Å². The summed E-state index contributed by atoms with van der Waals surface area (Å²) in [5.41, 5.74) is -0.400. The van der Waals surface area contributed by atoms with Gasteiger partial charge < -0.3 is 15.0 Å². The number of hydrogen-bond donors (Lipinski definition) is 2. The minimum Gasteiger partial charge on any atom is -0.480 e. The fourth-order valence-corrected chi connectivity index (χ4v) is 1.97. The van der Waals surface area contributed by atoms with Gasteiger partial charge in [-0.1, -0.05) is 24.1 Å². The van der Waals surface area contributed by atoms with Crippen LogP contribution in [0.25, 0.3) is 10.8 Å². The Morgan fingerprint density at radius 3 is 2.71 bits per heavy atom. The third-order valence-corrected chi connectivity index (χ3v) is 2.88. The van der Waals surface area contributed by atoms with Gasteiger partial charge in [-0.2, -0.15) is 0 Å². The molecule has 0 saturated heterocycles. The monoisotopic (exact) mass is 284 g/mol. The zero-order valence-electron chi connectivity index (χ0n) is 11.0. The van der Waals surface area contributed by atoms with E-state index in [4.69, 9.17) is 11.5 Å². The normalized spacial score (nSPS) is 10.0. The lowest BCUT2D eigenvalue weighted by Gasteiger charge is -2.17. The number of hydrogen-bond acceptors (Lipinski definition) is 3. The molecule has 0 atom stereocenters. The Bertz CT molecular complexity index is 801.